The molecule has 0 aromatic heterocycles. The molecule has 0 saturated heterocycles. The molecule has 0 N–H and O–H groups in total. The van der Waals surface area contributed by atoms with Crippen LogP contribution in [0.2, 0.25) is 0 Å². The second-order valence-electron chi connectivity index (χ2n) is 3.13. The number of hydrogen-bond donors (Lipinski definition) is 0. The van der Waals surface area contributed by atoms with Gasteiger partial charge in [-0.05, 0) is 30.5 Å². The minimum atomic E-state index is -2.74. The molecule has 1 aromatic rings. The van der Waals surface area contributed by atoms with Crippen molar-refractivity contribution in [3.8, 4) is 5.75 Å². The monoisotopic (exact) mass is 200 g/mol. The Bertz CT molecular complexity index is 256. The second kappa shape index (κ2) is 5.58. The Kier molecular flexibility index (Phi) is 4.36. The summed E-state index contributed by atoms with van der Waals surface area (Å²) >= 11 is 0. The lowest BCUT2D eigenvalue weighted by Crippen LogP contribution is -2.01. The van der Waals surface area contributed by atoms with E-state index in [1.54, 1.807) is 12.1 Å². The maximum absolute atomic E-state index is 11.8. The number of halogens is 2. The van der Waals surface area contributed by atoms with E-state index in [2.05, 4.69) is 11.7 Å². The van der Waals surface area contributed by atoms with Crippen molar-refractivity contribution in [3.63, 3.8) is 0 Å². The summed E-state index contributed by atoms with van der Waals surface area (Å²) in [5, 5.41) is 0. The molecule has 0 fully saturated rings. The van der Waals surface area contributed by atoms with Crippen LogP contribution >= 0.6 is 0 Å². The maximum Gasteiger partial charge on any atom is 0.387 e. The van der Waals surface area contributed by atoms with Gasteiger partial charge in [0, 0.05) is 0 Å². The van der Waals surface area contributed by atoms with E-state index < -0.39 is 6.61 Å². The topological polar surface area (TPSA) is 9.23 Å². The summed E-state index contributed by atoms with van der Waals surface area (Å²) in [7, 11) is 0. The molecule has 0 aliphatic rings. The molecule has 0 heterocycles. The lowest BCUT2D eigenvalue weighted by molar-refractivity contribution is -0.0498. The van der Waals surface area contributed by atoms with E-state index in [1.807, 2.05) is 12.1 Å². The molecule has 1 nitrogen and oxygen atoms in total. The van der Waals surface area contributed by atoms with Crippen molar-refractivity contribution in [1.82, 2.24) is 0 Å². The standard InChI is InChI=1S/C11H14F2O/c1-2-3-4-9-5-7-10(8-6-9)14-11(12)13/h5-8,11H,2-4H2,1H3. The predicted octanol–water partition coefficient (Wildman–Crippen LogP) is 3.63. The molecular formula is C11H14F2O. The lowest BCUT2D eigenvalue weighted by Gasteiger charge is -2.05. The quantitative estimate of drug-likeness (QED) is 0.705. The molecule has 0 aliphatic heterocycles. The van der Waals surface area contributed by atoms with Gasteiger partial charge in [-0.15, -0.1) is 0 Å². The average Bonchev–Trinajstić information content (AvgIpc) is 2.16. The van der Waals surface area contributed by atoms with E-state index in [0.29, 0.717) is 0 Å². The molecule has 0 amide bonds. The number of rotatable bonds is 5. The van der Waals surface area contributed by atoms with E-state index in [0.717, 1.165) is 24.8 Å². The normalized spacial score (nSPS) is 10.6. The first-order chi connectivity index (χ1) is 6.72. The molecule has 0 radical (unpaired) electrons. The predicted molar refractivity (Wildman–Crippen MR) is 51.7 cm³/mol. The van der Waals surface area contributed by atoms with Crippen molar-refractivity contribution in [1.29, 1.82) is 0 Å². The van der Waals surface area contributed by atoms with Crippen LogP contribution in [0, 0.1) is 0 Å². The van der Waals surface area contributed by atoms with Crippen LogP contribution in [0.5, 0.6) is 5.75 Å². The average molecular weight is 200 g/mol. The Balaban J connectivity index is 2.50. The van der Waals surface area contributed by atoms with Crippen LogP contribution in [0.4, 0.5) is 8.78 Å². The summed E-state index contributed by atoms with van der Waals surface area (Å²) < 4.78 is 27.8. The highest BCUT2D eigenvalue weighted by molar-refractivity contribution is 5.27. The van der Waals surface area contributed by atoms with Crippen LogP contribution in [0.25, 0.3) is 0 Å². The molecule has 0 bridgehead atoms. The van der Waals surface area contributed by atoms with Crippen molar-refractivity contribution >= 4 is 0 Å². The van der Waals surface area contributed by atoms with Gasteiger partial charge in [0.1, 0.15) is 5.75 Å². The van der Waals surface area contributed by atoms with Gasteiger partial charge in [-0.3, -0.25) is 0 Å². The van der Waals surface area contributed by atoms with Crippen LogP contribution in [0.3, 0.4) is 0 Å². The third-order valence-electron chi connectivity index (χ3n) is 1.97. The Labute approximate surface area is 82.7 Å². The Morgan fingerprint density at radius 2 is 1.86 bits per heavy atom. The summed E-state index contributed by atoms with van der Waals surface area (Å²) in [4.78, 5) is 0. The van der Waals surface area contributed by atoms with E-state index in [1.165, 1.54) is 0 Å². The van der Waals surface area contributed by atoms with Crippen molar-refractivity contribution in [2.45, 2.75) is 32.8 Å². The molecule has 3 heteroatoms. The summed E-state index contributed by atoms with van der Waals surface area (Å²) in [6, 6.07) is 6.81. The molecule has 14 heavy (non-hydrogen) atoms. The maximum atomic E-state index is 11.8. The SMILES string of the molecule is CCCCc1ccc(OC(F)F)cc1. The van der Waals surface area contributed by atoms with Gasteiger partial charge in [-0.2, -0.15) is 8.78 Å². The zero-order valence-corrected chi connectivity index (χ0v) is 8.17. The van der Waals surface area contributed by atoms with Crippen LogP contribution in [0.15, 0.2) is 24.3 Å². The molecular weight excluding hydrogens is 186 g/mol. The van der Waals surface area contributed by atoms with Crippen LogP contribution < -0.4 is 4.74 Å². The van der Waals surface area contributed by atoms with Crippen LogP contribution in [0.1, 0.15) is 25.3 Å². The molecule has 0 unspecified atom stereocenters. The van der Waals surface area contributed by atoms with Gasteiger partial charge in [0.2, 0.25) is 0 Å². The zero-order chi connectivity index (χ0) is 10.4. The van der Waals surface area contributed by atoms with Crippen molar-refractivity contribution in [2.75, 3.05) is 0 Å². The number of unbranched alkanes of at least 4 members (excludes halogenated alkanes) is 1. The number of benzene rings is 1. The van der Waals surface area contributed by atoms with Gasteiger partial charge in [-0.1, -0.05) is 25.5 Å². The van der Waals surface area contributed by atoms with Gasteiger partial charge in [0.05, 0.1) is 0 Å². The number of alkyl halides is 2. The second-order valence-corrected chi connectivity index (χ2v) is 3.13. The van der Waals surface area contributed by atoms with Gasteiger partial charge >= 0.3 is 6.61 Å². The summed E-state index contributed by atoms with van der Waals surface area (Å²) in [6.45, 7) is -0.620. The lowest BCUT2D eigenvalue weighted by atomic mass is 10.1. The third kappa shape index (κ3) is 3.73. The van der Waals surface area contributed by atoms with Crippen LogP contribution in [-0.2, 0) is 6.42 Å². The molecule has 78 valence electrons. The fourth-order valence-corrected chi connectivity index (χ4v) is 1.22. The molecule has 1 rings (SSSR count). The van der Waals surface area contributed by atoms with Crippen molar-refractivity contribution in [2.24, 2.45) is 0 Å². The largest absolute Gasteiger partial charge is 0.435 e. The molecule has 0 atom stereocenters. The summed E-state index contributed by atoms with van der Waals surface area (Å²) in [6.07, 6.45) is 3.25. The third-order valence-corrected chi connectivity index (χ3v) is 1.97. The number of ether oxygens (including phenoxy) is 1. The highest BCUT2D eigenvalue weighted by Gasteiger charge is 2.03. The molecule has 0 spiro atoms. The first-order valence-corrected chi connectivity index (χ1v) is 4.76. The summed E-state index contributed by atoms with van der Waals surface area (Å²) in [5.41, 5.74) is 1.16. The first kappa shape index (κ1) is 11.0. The van der Waals surface area contributed by atoms with Gasteiger partial charge < -0.3 is 4.74 Å². The van der Waals surface area contributed by atoms with Crippen molar-refractivity contribution in [3.05, 3.63) is 29.8 Å². The van der Waals surface area contributed by atoms with Gasteiger partial charge in [0.25, 0.3) is 0 Å². The molecule has 1 aromatic carbocycles. The summed E-state index contributed by atoms with van der Waals surface area (Å²) in [5.74, 6) is 0.222. The van der Waals surface area contributed by atoms with Gasteiger partial charge in [0.15, 0.2) is 0 Å². The minimum Gasteiger partial charge on any atom is -0.435 e. The van der Waals surface area contributed by atoms with E-state index in [4.69, 9.17) is 0 Å². The first-order valence-electron chi connectivity index (χ1n) is 4.76. The zero-order valence-electron chi connectivity index (χ0n) is 8.17. The van der Waals surface area contributed by atoms with E-state index in [9.17, 15) is 8.78 Å². The Morgan fingerprint density at radius 3 is 2.36 bits per heavy atom. The fourth-order valence-electron chi connectivity index (χ4n) is 1.22. The van der Waals surface area contributed by atoms with Crippen molar-refractivity contribution < 1.29 is 13.5 Å². The smallest absolute Gasteiger partial charge is 0.387 e. The van der Waals surface area contributed by atoms with E-state index >= 15 is 0 Å². The van der Waals surface area contributed by atoms with Crippen LogP contribution in [-0.4, -0.2) is 6.61 Å². The Morgan fingerprint density at radius 1 is 1.21 bits per heavy atom. The van der Waals surface area contributed by atoms with Gasteiger partial charge in [-0.25, -0.2) is 0 Å². The number of hydrogen-bond acceptors (Lipinski definition) is 1. The highest BCUT2D eigenvalue weighted by Crippen LogP contribution is 2.15. The fraction of sp³-hybridized carbons (Fsp3) is 0.455. The number of aryl methyl sites for hydroxylation is 1. The Hall–Kier alpha value is -1.12. The molecule has 0 saturated carbocycles. The highest BCUT2D eigenvalue weighted by atomic mass is 19.3. The van der Waals surface area contributed by atoms with E-state index in [-0.39, 0.29) is 5.75 Å². The molecule has 0 aliphatic carbocycles. The minimum absolute atomic E-state index is 0.222.